The lowest BCUT2D eigenvalue weighted by atomic mass is 9.98. The molecular weight excluding hydrogens is 530 g/mol. The van der Waals surface area contributed by atoms with Crippen LogP contribution in [0.15, 0.2) is 97.1 Å². The van der Waals surface area contributed by atoms with E-state index in [1.807, 2.05) is 59.5 Å². The van der Waals surface area contributed by atoms with Crippen LogP contribution in [0.25, 0.3) is 11.1 Å². The molecule has 1 aliphatic rings. The molecule has 1 atom stereocenters. The number of ether oxygens (including phenoxy) is 1. The van der Waals surface area contributed by atoms with Crippen molar-refractivity contribution < 1.29 is 24.2 Å². The van der Waals surface area contributed by atoms with Crippen molar-refractivity contribution >= 4 is 23.7 Å². The van der Waals surface area contributed by atoms with Gasteiger partial charge >= 0.3 is 12.1 Å². The zero-order valence-electron chi connectivity index (χ0n) is 23.5. The molecule has 8 nitrogen and oxygen atoms in total. The number of amides is 2. The predicted octanol–water partition coefficient (Wildman–Crippen LogP) is 5.67. The van der Waals surface area contributed by atoms with Gasteiger partial charge in [0, 0.05) is 30.3 Å². The second-order valence-electron chi connectivity index (χ2n) is 10.5. The Morgan fingerprint density at radius 2 is 1.48 bits per heavy atom. The quantitative estimate of drug-likeness (QED) is 0.229. The van der Waals surface area contributed by atoms with Crippen molar-refractivity contribution in [1.29, 1.82) is 0 Å². The van der Waals surface area contributed by atoms with Gasteiger partial charge in [0.25, 0.3) is 5.91 Å². The van der Waals surface area contributed by atoms with Gasteiger partial charge in [-0.3, -0.25) is 15.0 Å². The maximum absolute atomic E-state index is 13.2. The van der Waals surface area contributed by atoms with Gasteiger partial charge in [-0.05, 0) is 59.5 Å². The number of carboxylic acid groups (broad SMARTS) is 1. The zero-order chi connectivity index (χ0) is 29.6. The molecule has 3 N–H and O–H groups in total. The van der Waals surface area contributed by atoms with E-state index in [1.54, 1.807) is 32.2 Å². The summed E-state index contributed by atoms with van der Waals surface area (Å²) in [5, 5.41) is 15.2. The maximum Gasteiger partial charge on any atom is 0.411 e. The molecule has 1 unspecified atom stereocenters. The van der Waals surface area contributed by atoms with E-state index >= 15 is 0 Å². The Labute approximate surface area is 244 Å². The van der Waals surface area contributed by atoms with Gasteiger partial charge in [0.05, 0.1) is 0 Å². The molecule has 2 amide bonds. The topological polar surface area (TPSA) is 108 Å². The van der Waals surface area contributed by atoms with Crippen molar-refractivity contribution in [2.24, 2.45) is 0 Å². The molecule has 4 aromatic rings. The van der Waals surface area contributed by atoms with Crippen molar-refractivity contribution in [2.45, 2.75) is 25.4 Å². The van der Waals surface area contributed by atoms with E-state index in [4.69, 9.17) is 4.74 Å². The third-order valence-corrected chi connectivity index (χ3v) is 7.55. The molecule has 0 saturated carbocycles. The second kappa shape index (κ2) is 12.7. The lowest BCUT2D eigenvalue weighted by Crippen LogP contribution is -2.47. The molecule has 0 saturated heterocycles. The normalized spacial score (nSPS) is 12.7. The van der Waals surface area contributed by atoms with Crippen LogP contribution >= 0.6 is 0 Å². The van der Waals surface area contributed by atoms with Crippen LogP contribution in [0, 0.1) is 6.92 Å². The van der Waals surface area contributed by atoms with Crippen LogP contribution in [0.2, 0.25) is 0 Å². The molecule has 0 fully saturated rings. The van der Waals surface area contributed by atoms with Crippen molar-refractivity contribution in [3.63, 3.8) is 0 Å². The number of nitrogens with zero attached hydrogens (tertiary/aromatic N) is 1. The van der Waals surface area contributed by atoms with E-state index in [0.717, 1.165) is 27.8 Å². The summed E-state index contributed by atoms with van der Waals surface area (Å²) in [7, 11) is 1.80. The Kier molecular flexibility index (Phi) is 8.64. The van der Waals surface area contributed by atoms with E-state index in [2.05, 4.69) is 34.9 Å². The lowest BCUT2D eigenvalue weighted by molar-refractivity contribution is -0.139. The van der Waals surface area contributed by atoms with Crippen LogP contribution in [0.4, 0.5) is 10.5 Å². The van der Waals surface area contributed by atoms with Crippen molar-refractivity contribution in [3.8, 4) is 11.1 Å². The highest BCUT2D eigenvalue weighted by Gasteiger charge is 2.29. The minimum atomic E-state index is -1.13. The van der Waals surface area contributed by atoms with E-state index in [0.29, 0.717) is 17.8 Å². The molecule has 4 aromatic carbocycles. The van der Waals surface area contributed by atoms with Crippen LogP contribution in [0.5, 0.6) is 0 Å². The first-order valence-electron chi connectivity index (χ1n) is 13.8. The first kappa shape index (κ1) is 28.6. The Balaban J connectivity index is 1.21. The van der Waals surface area contributed by atoms with E-state index < -0.39 is 24.0 Å². The van der Waals surface area contributed by atoms with E-state index in [1.165, 1.54) is 0 Å². The summed E-state index contributed by atoms with van der Waals surface area (Å²) in [6.07, 6.45) is -0.636. The largest absolute Gasteiger partial charge is 0.480 e. The number of anilines is 1. The van der Waals surface area contributed by atoms with Crippen molar-refractivity contribution in [3.05, 3.63) is 125 Å². The average Bonchev–Trinajstić information content (AvgIpc) is 3.30. The molecule has 0 radical (unpaired) electrons. The maximum atomic E-state index is 13.2. The fraction of sp³-hybridized carbons (Fsp3) is 0.206. The predicted molar refractivity (Wildman–Crippen MR) is 162 cm³/mol. The Bertz CT molecular complexity index is 1560. The molecule has 0 aromatic heterocycles. The number of benzene rings is 4. The standard InChI is InChI=1S/C34H33N3O5/c1-22-24(32(38)35-31(33(39)40)20-37(2)19-23-11-4-3-5-12-23)17-10-18-30(22)36-34(41)42-21-29-27-15-8-6-13-25(27)26-14-7-9-16-28(26)29/h3-18,29,31H,19-21H2,1-2H3,(H,35,38)(H,36,41)(H,39,40). The first-order chi connectivity index (χ1) is 20.3. The Hall–Kier alpha value is -4.95. The van der Waals surface area contributed by atoms with Gasteiger partial charge in [0.2, 0.25) is 0 Å². The average molecular weight is 564 g/mol. The van der Waals surface area contributed by atoms with Gasteiger partial charge in [-0.1, -0.05) is 84.9 Å². The van der Waals surface area contributed by atoms with Crippen LogP contribution < -0.4 is 10.6 Å². The lowest BCUT2D eigenvalue weighted by Gasteiger charge is -2.23. The molecule has 214 valence electrons. The zero-order valence-corrected chi connectivity index (χ0v) is 23.5. The van der Waals surface area contributed by atoms with Gasteiger partial charge in [-0.25, -0.2) is 9.59 Å². The minimum Gasteiger partial charge on any atom is -0.480 e. The summed E-state index contributed by atoms with van der Waals surface area (Å²) >= 11 is 0. The summed E-state index contributed by atoms with van der Waals surface area (Å²) in [5.74, 6) is -1.74. The molecule has 0 aliphatic heterocycles. The van der Waals surface area contributed by atoms with Gasteiger partial charge < -0.3 is 15.2 Å². The summed E-state index contributed by atoms with van der Waals surface area (Å²) in [4.78, 5) is 39.8. The molecule has 0 bridgehead atoms. The highest BCUT2D eigenvalue weighted by molar-refractivity contribution is 6.00. The van der Waals surface area contributed by atoms with Crippen LogP contribution in [-0.2, 0) is 16.1 Å². The second-order valence-corrected chi connectivity index (χ2v) is 10.5. The molecule has 0 spiro atoms. The molecular formula is C34H33N3O5. The van der Waals surface area contributed by atoms with Crippen molar-refractivity contribution in [1.82, 2.24) is 10.2 Å². The SMILES string of the molecule is Cc1c(NC(=O)OCC2c3ccccc3-c3ccccc32)cccc1C(=O)NC(CN(C)Cc1ccccc1)C(=O)O. The number of rotatable bonds is 10. The number of carbonyl (C=O) groups excluding carboxylic acids is 2. The third kappa shape index (κ3) is 6.34. The number of hydrogen-bond acceptors (Lipinski definition) is 5. The fourth-order valence-corrected chi connectivity index (χ4v) is 5.45. The Morgan fingerprint density at radius 1 is 0.857 bits per heavy atom. The minimum absolute atomic E-state index is 0.0747. The summed E-state index contributed by atoms with van der Waals surface area (Å²) < 4.78 is 5.65. The summed E-state index contributed by atoms with van der Waals surface area (Å²) in [5.41, 5.74) is 6.73. The molecule has 5 rings (SSSR count). The monoisotopic (exact) mass is 563 g/mol. The van der Waals surface area contributed by atoms with Crippen LogP contribution in [0.1, 0.15) is 38.5 Å². The van der Waals surface area contributed by atoms with Crippen LogP contribution in [-0.4, -0.2) is 54.2 Å². The number of carboxylic acids is 1. The number of nitrogens with one attached hydrogen (secondary N) is 2. The van der Waals surface area contributed by atoms with Crippen molar-refractivity contribution in [2.75, 3.05) is 25.5 Å². The highest BCUT2D eigenvalue weighted by atomic mass is 16.5. The fourth-order valence-electron chi connectivity index (χ4n) is 5.45. The molecule has 0 heterocycles. The number of likely N-dealkylation sites (N-methyl/N-ethyl adjacent to an activating group) is 1. The number of hydrogen-bond donors (Lipinski definition) is 3. The van der Waals surface area contributed by atoms with Crippen LogP contribution in [0.3, 0.4) is 0 Å². The number of aliphatic carboxylic acids is 1. The first-order valence-corrected chi connectivity index (χ1v) is 13.8. The highest BCUT2D eigenvalue weighted by Crippen LogP contribution is 2.44. The molecule has 42 heavy (non-hydrogen) atoms. The summed E-state index contributed by atoms with van der Waals surface area (Å²) in [6, 6.07) is 29.7. The smallest absolute Gasteiger partial charge is 0.411 e. The summed E-state index contributed by atoms with van der Waals surface area (Å²) in [6.45, 7) is 2.52. The molecule has 1 aliphatic carbocycles. The van der Waals surface area contributed by atoms with Gasteiger partial charge in [0.15, 0.2) is 0 Å². The third-order valence-electron chi connectivity index (χ3n) is 7.55. The number of fused-ring (bicyclic) bond motifs is 3. The van der Waals surface area contributed by atoms with Gasteiger partial charge in [0.1, 0.15) is 12.6 Å². The van der Waals surface area contributed by atoms with E-state index in [-0.39, 0.29) is 24.6 Å². The van der Waals surface area contributed by atoms with Gasteiger partial charge in [-0.15, -0.1) is 0 Å². The van der Waals surface area contributed by atoms with E-state index in [9.17, 15) is 19.5 Å². The Morgan fingerprint density at radius 3 is 2.12 bits per heavy atom. The number of carbonyl (C=O) groups is 3. The molecule has 8 heteroatoms. The van der Waals surface area contributed by atoms with Gasteiger partial charge in [-0.2, -0.15) is 0 Å².